The van der Waals surface area contributed by atoms with Gasteiger partial charge in [-0.2, -0.15) is 0 Å². The van der Waals surface area contributed by atoms with Crippen LogP contribution in [0.5, 0.6) is 5.75 Å². The number of carbonyl (C=O) groups excluding carboxylic acids is 2. The third kappa shape index (κ3) is 4.52. The molecule has 0 saturated carbocycles. The maximum absolute atomic E-state index is 12.5. The molecule has 8 heteroatoms. The molecule has 3 aromatic rings. The predicted molar refractivity (Wildman–Crippen MR) is 104 cm³/mol. The zero-order valence-electron chi connectivity index (χ0n) is 14.3. The SMILES string of the molecule is O=C(Nc1ccccc1C(=O)Oc1ccc(Cl)cc1)c1ccc([N+](=O)[O-])cc1. The van der Waals surface area contributed by atoms with E-state index in [2.05, 4.69) is 5.32 Å². The number of amides is 1. The van der Waals surface area contributed by atoms with Gasteiger partial charge in [-0.3, -0.25) is 14.9 Å². The van der Waals surface area contributed by atoms with Crippen LogP contribution < -0.4 is 10.1 Å². The molecule has 0 unspecified atom stereocenters. The first kappa shape index (κ1) is 19.1. The fourth-order valence-corrected chi connectivity index (χ4v) is 2.49. The van der Waals surface area contributed by atoms with Gasteiger partial charge >= 0.3 is 5.97 Å². The van der Waals surface area contributed by atoms with Crippen molar-refractivity contribution in [2.75, 3.05) is 5.32 Å². The van der Waals surface area contributed by atoms with Gasteiger partial charge in [0.25, 0.3) is 11.6 Å². The van der Waals surface area contributed by atoms with Crippen LogP contribution in [0.3, 0.4) is 0 Å². The van der Waals surface area contributed by atoms with Crippen LogP contribution in [-0.2, 0) is 0 Å². The first-order valence-electron chi connectivity index (χ1n) is 8.06. The summed E-state index contributed by atoms with van der Waals surface area (Å²) in [4.78, 5) is 35.0. The second-order valence-electron chi connectivity index (χ2n) is 5.65. The van der Waals surface area contributed by atoms with Gasteiger partial charge in [0, 0.05) is 22.7 Å². The maximum Gasteiger partial charge on any atom is 0.345 e. The fraction of sp³-hybridized carbons (Fsp3) is 0. The number of nitro benzene ring substituents is 1. The predicted octanol–water partition coefficient (Wildman–Crippen LogP) is 4.72. The Morgan fingerprint density at radius 1 is 0.929 bits per heavy atom. The molecule has 0 bridgehead atoms. The first-order valence-corrected chi connectivity index (χ1v) is 8.44. The summed E-state index contributed by atoms with van der Waals surface area (Å²) >= 11 is 5.81. The molecule has 0 atom stereocenters. The lowest BCUT2D eigenvalue weighted by Crippen LogP contribution is -2.17. The number of nitrogens with one attached hydrogen (secondary N) is 1. The molecule has 0 aliphatic rings. The van der Waals surface area contributed by atoms with Gasteiger partial charge in [0.15, 0.2) is 0 Å². The molecular weight excluding hydrogens is 384 g/mol. The van der Waals surface area contributed by atoms with Crippen molar-refractivity contribution in [2.45, 2.75) is 0 Å². The number of carbonyl (C=O) groups is 2. The number of esters is 1. The van der Waals surface area contributed by atoms with E-state index in [4.69, 9.17) is 16.3 Å². The van der Waals surface area contributed by atoms with Gasteiger partial charge in [-0.25, -0.2) is 4.79 Å². The number of halogens is 1. The number of anilines is 1. The number of benzene rings is 3. The largest absolute Gasteiger partial charge is 0.423 e. The van der Waals surface area contributed by atoms with E-state index in [9.17, 15) is 19.7 Å². The molecule has 0 aromatic heterocycles. The highest BCUT2D eigenvalue weighted by molar-refractivity contribution is 6.30. The van der Waals surface area contributed by atoms with Gasteiger partial charge in [-0.1, -0.05) is 23.7 Å². The normalized spacial score (nSPS) is 10.2. The van der Waals surface area contributed by atoms with Crippen molar-refractivity contribution < 1.29 is 19.2 Å². The van der Waals surface area contributed by atoms with E-state index in [1.165, 1.54) is 30.3 Å². The van der Waals surface area contributed by atoms with Crippen molar-refractivity contribution in [1.29, 1.82) is 0 Å². The van der Waals surface area contributed by atoms with E-state index in [0.717, 1.165) is 0 Å². The molecular formula is C20H13ClN2O5. The smallest absolute Gasteiger partial charge is 0.345 e. The zero-order valence-corrected chi connectivity index (χ0v) is 15.1. The number of hydrogen-bond donors (Lipinski definition) is 1. The van der Waals surface area contributed by atoms with Crippen LogP contribution in [0, 0.1) is 10.1 Å². The van der Waals surface area contributed by atoms with E-state index in [0.29, 0.717) is 10.8 Å². The highest BCUT2D eigenvalue weighted by Gasteiger charge is 2.16. The van der Waals surface area contributed by atoms with Crippen molar-refractivity contribution in [2.24, 2.45) is 0 Å². The minimum absolute atomic E-state index is 0.122. The third-order valence-electron chi connectivity index (χ3n) is 3.76. The number of nitrogens with zero attached hydrogens (tertiary/aromatic N) is 1. The van der Waals surface area contributed by atoms with Crippen molar-refractivity contribution in [3.05, 3.63) is 99.1 Å². The molecule has 3 rings (SSSR count). The second-order valence-corrected chi connectivity index (χ2v) is 6.08. The van der Waals surface area contributed by atoms with Crippen LogP contribution in [0.15, 0.2) is 72.8 Å². The van der Waals surface area contributed by atoms with Crippen LogP contribution in [0.25, 0.3) is 0 Å². The van der Waals surface area contributed by atoms with Gasteiger partial charge in [0.05, 0.1) is 16.2 Å². The molecule has 3 aromatic carbocycles. The van der Waals surface area contributed by atoms with Gasteiger partial charge in [-0.05, 0) is 48.5 Å². The molecule has 1 N–H and O–H groups in total. The zero-order chi connectivity index (χ0) is 20.1. The highest BCUT2D eigenvalue weighted by Crippen LogP contribution is 2.21. The van der Waals surface area contributed by atoms with E-state index >= 15 is 0 Å². The number of hydrogen-bond acceptors (Lipinski definition) is 5. The Morgan fingerprint density at radius 2 is 1.57 bits per heavy atom. The summed E-state index contributed by atoms with van der Waals surface area (Å²) in [5, 5.41) is 13.8. The lowest BCUT2D eigenvalue weighted by atomic mass is 10.1. The van der Waals surface area contributed by atoms with Crippen LogP contribution in [0.4, 0.5) is 11.4 Å². The lowest BCUT2D eigenvalue weighted by molar-refractivity contribution is -0.384. The van der Waals surface area contributed by atoms with Crippen LogP contribution in [0.2, 0.25) is 5.02 Å². The van der Waals surface area contributed by atoms with Crippen LogP contribution in [-0.4, -0.2) is 16.8 Å². The Kier molecular flexibility index (Phi) is 5.67. The van der Waals surface area contributed by atoms with Crippen molar-refractivity contribution in [1.82, 2.24) is 0 Å². The Hall–Kier alpha value is -3.71. The Bertz CT molecular complexity index is 1030. The highest BCUT2D eigenvalue weighted by atomic mass is 35.5. The average Bonchev–Trinajstić information content (AvgIpc) is 2.70. The molecule has 140 valence electrons. The summed E-state index contributed by atoms with van der Waals surface area (Å²) in [6.07, 6.45) is 0. The number of nitro groups is 1. The summed E-state index contributed by atoms with van der Waals surface area (Å²) < 4.78 is 5.30. The first-order chi connectivity index (χ1) is 13.4. The standard InChI is InChI=1S/C20H13ClN2O5/c21-14-7-11-16(12-8-14)28-20(25)17-3-1-2-4-18(17)22-19(24)13-5-9-15(10-6-13)23(26)27/h1-12H,(H,22,24). The summed E-state index contributed by atoms with van der Waals surface area (Å²) in [5.41, 5.74) is 0.507. The molecule has 0 radical (unpaired) electrons. The monoisotopic (exact) mass is 396 g/mol. The minimum atomic E-state index is -0.651. The van der Waals surface area contributed by atoms with Crippen molar-refractivity contribution >= 4 is 34.9 Å². The maximum atomic E-state index is 12.5. The topological polar surface area (TPSA) is 98.5 Å². The van der Waals surface area contributed by atoms with Gasteiger partial charge in [0.1, 0.15) is 5.75 Å². The molecule has 0 fully saturated rings. The van der Waals surface area contributed by atoms with Gasteiger partial charge in [-0.15, -0.1) is 0 Å². The Labute approximate surface area is 164 Å². The molecule has 0 spiro atoms. The molecule has 0 saturated heterocycles. The van der Waals surface area contributed by atoms with E-state index in [1.54, 1.807) is 42.5 Å². The molecule has 28 heavy (non-hydrogen) atoms. The molecule has 0 aliphatic carbocycles. The summed E-state index contributed by atoms with van der Waals surface area (Å²) in [6.45, 7) is 0. The number of para-hydroxylation sites is 1. The molecule has 7 nitrogen and oxygen atoms in total. The fourth-order valence-electron chi connectivity index (χ4n) is 2.36. The second kappa shape index (κ2) is 8.32. The average molecular weight is 397 g/mol. The number of ether oxygens (including phenoxy) is 1. The van der Waals surface area contributed by atoms with Crippen molar-refractivity contribution in [3.8, 4) is 5.75 Å². The van der Waals surface area contributed by atoms with Gasteiger partial charge < -0.3 is 10.1 Å². The number of non-ortho nitro benzene ring substituents is 1. The van der Waals surface area contributed by atoms with Crippen molar-refractivity contribution in [3.63, 3.8) is 0 Å². The Balaban J connectivity index is 1.77. The third-order valence-corrected chi connectivity index (χ3v) is 4.01. The molecule has 0 aliphatic heterocycles. The van der Waals surface area contributed by atoms with E-state index in [1.807, 2.05) is 0 Å². The van der Waals surface area contributed by atoms with Crippen LogP contribution in [0.1, 0.15) is 20.7 Å². The Morgan fingerprint density at radius 3 is 2.21 bits per heavy atom. The minimum Gasteiger partial charge on any atom is -0.423 e. The summed E-state index contributed by atoms with van der Waals surface area (Å²) in [5.74, 6) is -0.852. The van der Waals surface area contributed by atoms with E-state index < -0.39 is 16.8 Å². The van der Waals surface area contributed by atoms with E-state index in [-0.39, 0.29) is 22.5 Å². The number of rotatable bonds is 5. The molecule has 0 heterocycles. The quantitative estimate of drug-likeness (QED) is 0.291. The summed E-state index contributed by atoms with van der Waals surface area (Å²) in [7, 11) is 0. The van der Waals surface area contributed by atoms with Gasteiger partial charge in [0.2, 0.25) is 0 Å². The molecule has 1 amide bonds. The lowest BCUT2D eigenvalue weighted by Gasteiger charge is -2.11. The summed E-state index contributed by atoms with van der Waals surface area (Å²) in [6, 6.07) is 17.8. The van der Waals surface area contributed by atoms with Crippen LogP contribution >= 0.6 is 11.6 Å².